The van der Waals surface area contributed by atoms with Gasteiger partial charge in [-0.2, -0.15) is 0 Å². The van der Waals surface area contributed by atoms with Gasteiger partial charge in [0.1, 0.15) is 0 Å². The molecule has 0 bridgehead atoms. The van der Waals surface area contributed by atoms with Gasteiger partial charge in [0.15, 0.2) is 0 Å². The van der Waals surface area contributed by atoms with Crippen LogP contribution in [0.4, 0.5) is 0 Å². The lowest BCUT2D eigenvalue weighted by atomic mass is 10.4. The van der Waals surface area contributed by atoms with Crippen LogP contribution in [0.5, 0.6) is 0 Å². The largest absolute Gasteiger partial charge is 0.101 e. The van der Waals surface area contributed by atoms with Gasteiger partial charge in [0.2, 0.25) is 0 Å². The third kappa shape index (κ3) is 2.51. The standard InChI is InChI=1S/C15H13P/c1-2-13-16(14-9-5-3-6-10-14)15-11-7-4-8-12-15/h3-12H,1H3. The third-order valence-corrected chi connectivity index (χ3v) is 4.33. The monoisotopic (exact) mass is 224 g/mol. The summed E-state index contributed by atoms with van der Waals surface area (Å²) >= 11 is 0. The van der Waals surface area contributed by atoms with Gasteiger partial charge in [0, 0.05) is 7.92 Å². The second kappa shape index (κ2) is 5.50. The average molecular weight is 224 g/mol. The highest BCUT2D eigenvalue weighted by atomic mass is 31.1. The molecule has 0 nitrogen and oxygen atoms in total. The van der Waals surface area contributed by atoms with E-state index in [2.05, 4.69) is 60.1 Å². The first kappa shape index (κ1) is 10.9. The average Bonchev–Trinajstić information content (AvgIpc) is 2.38. The molecule has 2 rings (SSSR count). The molecular weight excluding hydrogens is 211 g/mol. The molecule has 16 heavy (non-hydrogen) atoms. The van der Waals surface area contributed by atoms with Crippen LogP contribution >= 0.6 is 7.92 Å². The summed E-state index contributed by atoms with van der Waals surface area (Å²) in [5, 5.41) is 2.64. The Hall–Kier alpha value is -1.57. The zero-order chi connectivity index (χ0) is 11.2. The van der Waals surface area contributed by atoms with Crippen molar-refractivity contribution in [1.29, 1.82) is 0 Å². The van der Waals surface area contributed by atoms with Gasteiger partial charge >= 0.3 is 0 Å². The summed E-state index contributed by atoms with van der Waals surface area (Å²) < 4.78 is 0. The molecule has 1 heteroatoms. The predicted octanol–water partition coefficient (Wildman–Crippen LogP) is 3.10. The van der Waals surface area contributed by atoms with E-state index in [1.165, 1.54) is 10.6 Å². The molecule has 0 amide bonds. The van der Waals surface area contributed by atoms with Crippen molar-refractivity contribution in [2.75, 3.05) is 0 Å². The van der Waals surface area contributed by atoms with Gasteiger partial charge in [-0.3, -0.25) is 0 Å². The van der Waals surface area contributed by atoms with E-state index in [4.69, 9.17) is 0 Å². The van der Waals surface area contributed by atoms with Crippen molar-refractivity contribution in [3.05, 3.63) is 60.7 Å². The maximum Gasteiger partial charge on any atom is 0.0344 e. The minimum absolute atomic E-state index is 0.512. The molecule has 0 unspecified atom stereocenters. The van der Waals surface area contributed by atoms with E-state index in [0.29, 0.717) is 0 Å². The summed E-state index contributed by atoms with van der Waals surface area (Å²) in [4.78, 5) is 0. The molecule has 0 saturated heterocycles. The Morgan fingerprint density at radius 1 is 0.750 bits per heavy atom. The topological polar surface area (TPSA) is 0 Å². The van der Waals surface area contributed by atoms with Crippen LogP contribution in [0.15, 0.2) is 60.7 Å². The number of benzene rings is 2. The van der Waals surface area contributed by atoms with Crippen LogP contribution in [-0.4, -0.2) is 0 Å². The maximum atomic E-state index is 3.33. The molecule has 0 aliphatic heterocycles. The van der Waals surface area contributed by atoms with Gasteiger partial charge in [-0.25, -0.2) is 0 Å². The van der Waals surface area contributed by atoms with Gasteiger partial charge < -0.3 is 0 Å². The summed E-state index contributed by atoms with van der Waals surface area (Å²) in [6.45, 7) is 1.90. The molecule has 0 aromatic heterocycles. The normalized spacial score (nSPS) is 9.62. The summed E-state index contributed by atoms with van der Waals surface area (Å²) in [7, 11) is -0.512. The van der Waals surface area contributed by atoms with Crippen molar-refractivity contribution in [3.63, 3.8) is 0 Å². The predicted molar refractivity (Wildman–Crippen MR) is 72.5 cm³/mol. The Kier molecular flexibility index (Phi) is 3.76. The second-order valence-electron chi connectivity index (χ2n) is 3.37. The quantitative estimate of drug-likeness (QED) is 0.543. The summed E-state index contributed by atoms with van der Waals surface area (Å²) in [5.41, 5.74) is 3.33. The molecule has 2 aromatic rings. The van der Waals surface area contributed by atoms with E-state index in [-0.39, 0.29) is 0 Å². The minimum atomic E-state index is -0.512. The van der Waals surface area contributed by atoms with Crippen LogP contribution in [0, 0.1) is 11.6 Å². The Morgan fingerprint density at radius 2 is 1.19 bits per heavy atom. The fraction of sp³-hybridized carbons (Fsp3) is 0.0667. The molecule has 0 spiro atoms. The highest BCUT2D eigenvalue weighted by molar-refractivity contribution is 7.77. The number of hydrogen-bond donors (Lipinski definition) is 0. The van der Waals surface area contributed by atoms with Crippen LogP contribution in [-0.2, 0) is 0 Å². The molecule has 2 aromatic carbocycles. The van der Waals surface area contributed by atoms with Crippen molar-refractivity contribution in [2.45, 2.75) is 6.92 Å². The van der Waals surface area contributed by atoms with E-state index in [1.807, 2.05) is 19.1 Å². The first-order chi connectivity index (χ1) is 7.92. The van der Waals surface area contributed by atoms with E-state index >= 15 is 0 Å². The molecule has 0 N–H and O–H groups in total. The van der Waals surface area contributed by atoms with Crippen molar-refractivity contribution in [3.8, 4) is 11.6 Å². The number of hydrogen-bond acceptors (Lipinski definition) is 0. The zero-order valence-electron chi connectivity index (χ0n) is 9.22. The van der Waals surface area contributed by atoms with Crippen LogP contribution < -0.4 is 10.6 Å². The zero-order valence-corrected chi connectivity index (χ0v) is 10.1. The Balaban J connectivity index is 2.42. The SMILES string of the molecule is CC#CP(c1ccccc1)c1ccccc1. The van der Waals surface area contributed by atoms with Crippen molar-refractivity contribution in [2.24, 2.45) is 0 Å². The Labute approximate surface area is 98.1 Å². The Morgan fingerprint density at radius 3 is 1.56 bits per heavy atom. The Bertz CT molecular complexity index is 452. The van der Waals surface area contributed by atoms with E-state index in [0.717, 1.165) is 0 Å². The number of rotatable bonds is 2. The lowest BCUT2D eigenvalue weighted by molar-refractivity contribution is 1.75. The van der Waals surface area contributed by atoms with E-state index < -0.39 is 7.92 Å². The van der Waals surface area contributed by atoms with Crippen molar-refractivity contribution >= 4 is 18.5 Å². The van der Waals surface area contributed by atoms with Gasteiger partial charge in [0.25, 0.3) is 0 Å². The van der Waals surface area contributed by atoms with Gasteiger partial charge in [-0.15, -0.1) is 5.92 Å². The van der Waals surface area contributed by atoms with E-state index in [1.54, 1.807) is 0 Å². The van der Waals surface area contributed by atoms with Gasteiger partial charge in [-0.05, 0) is 17.5 Å². The highest BCUT2D eigenvalue weighted by Gasteiger charge is 2.09. The first-order valence-corrected chi connectivity index (χ1v) is 6.58. The third-order valence-electron chi connectivity index (χ3n) is 2.25. The van der Waals surface area contributed by atoms with Crippen LogP contribution in [0.25, 0.3) is 0 Å². The molecule has 0 aliphatic carbocycles. The van der Waals surface area contributed by atoms with Crippen molar-refractivity contribution < 1.29 is 0 Å². The molecular formula is C15H13P. The van der Waals surface area contributed by atoms with Crippen molar-refractivity contribution in [1.82, 2.24) is 0 Å². The minimum Gasteiger partial charge on any atom is -0.101 e. The fourth-order valence-electron chi connectivity index (χ4n) is 1.54. The van der Waals surface area contributed by atoms with Gasteiger partial charge in [0.05, 0.1) is 0 Å². The maximum absolute atomic E-state index is 3.33. The molecule has 0 radical (unpaired) electrons. The van der Waals surface area contributed by atoms with Gasteiger partial charge in [-0.1, -0.05) is 66.3 Å². The van der Waals surface area contributed by atoms with Crippen LogP contribution in [0.1, 0.15) is 6.92 Å². The lowest BCUT2D eigenvalue weighted by Gasteiger charge is -2.11. The van der Waals surface area contributed by atoms with Crippen LogP contribution in [0.2, 0.25) is 0 Å². The lowest BCUT2D eigenvalue weighted by Crippen LogP contribution is -2.09. The fourth-order valence-corrected chi connectivity index (χ4v) is 3.26. The molecule has 0 heterocycles. The summed E-state index contributed by atoms with van der Waals surface area (Å²) in [6, 6.07) is 21.0. The van der Waals surface area contributed by atoms with E-state index in [9.17, 15) is 0 Å². The molecule has 0 aliphatic rings. The molecule has 0 fully saturated rings. The summed E-state index contributed by atoms with van der Waals surface area (Å²) in [6.07, 6.45) is 0. The molecule has 0 saturated carbocycles. The van der Waals surface area contributed by atoms with Crippen LogP contribution in [0.3, 0.4) is 0 Å². The second-order valence-corrected chi connectivity index (χ2v) is 5.30. The first-order valence-electron chi connectivity index (χ1n) is 5.24. The summed E-state index contributed by atoms with van der Waals surface area (Å²) in [5.74, 6) is 3.04. The smallest absolute Gasteiger partial charge is 0.0344 e. The molecule has 78 valence electrons. The highest BCUT2D eigenvalue weighted by Crippen LogP contribution is 2.31. The molecule has 0 atom stereocenters.